The number of carboxylic acid groups (broad SMARTS) is 1. The van der Waals surface area contributed by atoms with Crippen molar-refractivity contribution < 1.29 is 19.4 Å². The predicted molar refractivity (Wildman–Crippen MR) is 77.2 cm³/mol. The van der Waals surface area contributed by atoms with Gasteiger partial charge in [-0.1, -0.05) is 12.1 Å². The number of hydrogen-bond donors (Lipinski definition) is 2. The van der Waals surface area contributed by atoms with Crippen LogP contribution in [-0.4, -0.2) is 29.7 Å². The summed E-state index contributed by atoms with van der Waals surface area (Å²) in [6, 6.07) is 7.13. The summed E-state index contributed by atoms with van der Waals surface area (Å²) in [6.07, 6.45) is 3.74. The molecule has 1 saturated heterocycles. The van der Waals surface area contributed by atoms with Gasteiger partial charge in [0.15, 0.2) is 0 Å². The first-order chi connectivity index (χ1) is 10.1. The summed E-state index contributed by atoms with van der Waals surface area (Å²) < 4.78 is 5.43. The molecule has 5 heteroatoms. The molecular formula is C16H19NO4. The average Bonchev–Trinajstić information content (AvgIpc) is 3.12. The maximum Gasteiger partial charge on any atom is 0.314 e. The van der Waals surface area contributed by atoms with E-state index in [0.717, 1.165) is 25.0 Å². The lowest BCUT2D eigenvalue weighted by atomic mass is 9.96. The Labute approximate surface area is 123 Å². The number of carbonyl (C=O) groups excluding carboxylic acids is 1. The third-order valence-electron chi connectivity index (χ3n) is 4.32. The number of nitrogens with one attached hydrogen (secondary N) is 1. The molecule has 1 aromatic carbocycles. The SMILES string of the molecule is O=C(CC1CCCO1)Nc1ccc(C2(C(=O)O)CC2)cc1. The molecule has 21 heavy (non-hydrogen) atoms. The lowest BCUT2D eigenvalue weighted by Crippen LogP contribution is -2.20. The first-order valence-electron chi connectivity index (χ1n) is 7.35. The van der Waals surface area contributed by atoms with Crippen LogP contribution in [0.15, 0.2) is 24.3 Å². The Morgan fingerprint density at radius 2 is 2.00 bits per heavy atom. The van der Waals surface area contributed by atoms with Gasteiger partial charge in [0, 0.05) is 12.3 Å². The van der Waals surface area contributed by atoms with E-state index in [1.165, 1.54) is 0 Å². The largest absolute Gasteiger partial charge is 0.481 e. The van der Waals surface area contributed by atoms with E-state index < -0.39 is 11.4 Å². The summed E-state index contributed by atoms with van der Waals surface area (Å²) in [5.74, 6) is -0.827. The third-order valence-corrected chi connectivity index (χ3v) is 4.32. The summed E-state index contributed by atoms with van der Waals surface area (Å²) >= 11 is 0. The molecule has 112 valence electrons. The quantitative estimate of drug-likeness (QED) is 0.872. The number of benzene rings is 1. The number of rotatable bonds is 5. The molecule has 0 aromatic heterocycles. The van der Waals surface area contributed by atoms with Crippen molar-refractivity contribution in [1.29, 1.82) is 0 Å². The second kappa shape index (κ2) is 5.48. The molecule has 0 bridgehead atoms. The zero-order valence-corrected chi connectivity index (χ0v) is 11.8. The second-order valence-electron chi connectivity index (χ2n) is 5.85. The summed E-state index contributed by atoms with van der Waals surface area (Å²) in [4.78, 5) is 23.1. The second-order valence-corrected chi connectivity index (χ2v) is 5.85. The smallest absolute Gasteiger partial charge is 0.314 e. The highest BCUT2D eigenvalue weighted by Gasteiger charge is 2.51. The van der Waals surface area contributed by atoms with Crippen molar-refractivity contribution in [2.45, 2.75) is 43.6 Å². The Morgan fingerprint density at radius 1 is 1.29 bits per heavy atom. The maximum atomic E-state index is 11.9. The Kier molecular flexibility index (Phi) is 3.68. The average molecular weight is 289 g/mol. The standard InChI is InChI=1S/C16H19NO4/c18-14(10-13-2-1-9-21-13)17-12-5-3-11(4-6-12)16(7-8-16)15(19)20/h3-6,13H,1-2,7-10H2,(H,17,18)(H,19,20). The summed E-state index contributed by atoms with van der Waals surface area (Å²) in [5, 5.41) is 12.1. The van der Waals surface area contributed by atoms with Crippen LogP contribution < -0.4 is 5.32 Å². The zero-order valence-electron chi connectivity index (χ0n) is 11.8. The molecular weight excluding hydrogens is 270 g/mol. The molecule has 1 aliphatic heterocycles. The Bertz CT molecular complexity index is 542. The molecule has 3 rings (SSSR count). The van der Waals surface area contributed by atoms with Crippen LogP contribution in [-0.2, 0) is 19.7 Å². The molecule has 1 saturated carbocycles. The van der Waals surface area contributed by atoms with Crippen LogP contribution in [0.2, 0.25) is 0 Å². The van der Waals surface area contributed by atoms with E-state index in [1.54, 1.807) is 24.3 Å². The number of amides is 1. The van der Waals surface area contributed by atoms with E-state index in [0.29, 0.717) is 24.9 Å². The van der Waals surface area contributed by atoms with Crippen molar-refractivity contribution in [3.8, 4) is 0 Å². The van der Waals surface area contributed by atoms with E-state index in [9.17, 15) is 14.7 Å². The van der Waals surface area contributed by atoms with Crippen molar-refractivity contribution in [3.63, 3.8) is 0 Å². The van der Waals surface area contributed by atoms with E-state index >= 15 is 0 Å². The molecule has 2 aliphatic rings. The van der Waals surface area contributed by atoms with Crippen LogP contribution in [0, 0.1) is 0 Å². The predicted octanol–water partition coefficient (Wildman–Crippen LogP) is 2.31. The molecule has 1 amide bonds. The summed E-state index contributed by atoms with van der Waals surface area (Å²) in [5.41, 5.74) is 0.815. The van der Waals surface area contributed by atoms with Crippen LogP contribution in [0.1, 0.15) is 37.7 Å². The normalized spacial score (nSPS) is 22.8. The summed E-state index contributed by atoms with van der Waals surface area (Å²) in [7, 11) is 0. The Morgan fingerprint density at radius 3 is 2.52 bits per heavy atom. The van der Waals surface area contributed by atoms with Gasteiger partial charge in [0.1, 0.15) is 0 Å². The topological polar surface area (TPSA) is 75.6 Å². The fraction of sp³-hybridized carbons (Fsp3) is 0.500. The number of hydrogen-bond acceptors (Lipinski definition) is 3. The molecule has 5 nitrogen and oxygen atoms in total. The third kappa shape index (κ3) is 2.93. The number of carboxylic acids is 1. The van der Waals surface area contributed by atoms with E-state index in [-0.39, 0.29) is 12.0 Å². The van der Waals surface area contributed by atoms with Crippen molar-refractivity contribution in [3.05, 3.63) is 29.8 Å². The molecule has 0 spiro atoms. The highest BCUT2D eigenvalue weighted by molar-refractivity contribution is 5.91. The molecule has 1 aliphatic carbocycles. The first-order valence-corrected chi connectivity index (χ1v) is 7.35. The van der Waals surface area contributed by atoms with Gasteiger partial charge in [-0.2, -0.15) is 0 Å². The van der Waals surface area contributed by atoms with Gasteiger partial charge in [-0.05, 0) is 43.4 Å². The first kappa shape index (κ1) is 14.1. The lowest BCUT2D eigenvalue weighted by Gasteiger charge is -2.12. The van der Waals surface area contributed by atoms with Gasteiger partial charge in [-0.3, -0.25) is 9.59 Å². The molecule has 1 heterocycles. The molecule has 1 aromatic rings. The van der Waals surface area contributed by atoms with Crippen molar-refractivity contribution >= 4 is 17.6 Å². The minimum atomic E-state index is -0.766. The minimum Gasteiger partial charge on any atom is -0.481 e. The molecule has 2 fully saturated rings. The van der Waals surface area contributed by atoms with Crippen molar-refractivity contribution in [1.82, 2.24) is 0 Å². The van der Waals surface area contributed by atoms with E-state index in [2.05, 4.69) is 5.32 Å². The maximum absolute atomic E-state index is 11.9. The van der Waals surface area contributed by atoms with Gasteiger partial charge < -0.3 is 15.2 Å². The monoisotopic (exact) mass is 289 g/mol. The van der Waals surface area contributed by atoms with Gasteiger partial charge in [0.2, 0.25) is 5.91 Å². The van der Waals surface area contributed by atoms with Gasteiger partial charge >= 0.3 is 5.97 Å². The van der Waals surface area contributed by atoms with Crippen molar-refractivity contribution in [2.75, 3.05) is 11.9 Å². The van der Waals surface area contributed by atoms with Crippen LogP contribution >= 0.6 is 0 Å². The van der Waals surface area contributed by atoms with E-state index in [4.69, 9.17) is 4.74 Å². The number of carbonyl (C=O) groups is 2. The number of anilines is 1. The van der Waals surface area contributed by atoms with Gasteiger partial charge in [0.25, 0.3) is 0 Å². The highest BCUT2D eigenvalue weighted by Crippen LogP contribution is 2.48. The Hall–Kier alpha value is -1.88. The number of ether oxygens (including phenoxy) is 1. The molecule has 1 atom stereocenters. The van der Waals surface area contributed by atoms with Crippen LogP contribution in [0.5, 0.6) is 0 Å². The molecule has 1 unspecified atom stereocenters. The van der Waals surface area contributed by atoms with Crippen LogP contribution in [0.25, 0.3) is 0 Å². The van der Waals surface area contributed by atoms with Gasteiger partial charge in [-0.15, -0.1) is 0 Å². The fourth-order valence-corrected chi connectivity index (χ4v) is 2.85. The van der Waals surface area contributed by atoms with Crippen LogP contribution in [0.4, 0.5) is 5.69 Å². The summed E-state index contributed by atoms with van der Waals surface area (Å²) in [6.45, 7) is 0.740. The number of aliphatic carboxylic acids is 1. The minimum absolute atomic E-state index is 0.0333. The van der Waals surface area contributed by atoms with Crippen molar-refractivity contribution in [2.24, 2.45) is 0 Å². The van der Waals surface area contributed by atoms with E-state index in [1.807, 2.05) is 0 Å². The molecule has 2 N–H and O–H groups in total. The Balaban J connectivity index is 1.59. The molecule has 0 radical (unpaired) electrons. The van der Waals surface area contributed by atoms with Gasteiger partial charge in [-0.25, -0.2) is 0 Å². The van der Waals surface area contributed by atoms with Gasteiger partial charge in [0.05, 0.1) is 17.9 Å². The van der Waals surface area contributed by atoms with Crippen LogP contribution in [0.3, 0.4) is 0 Å². The highest BCUT2D eigenvalue weighted by atomic mass is 16.5. The lowest BCUT2D eigenvalue weighted by molar-refractivity contribution is -0.140. The zero-order chi connectivity index (χ0) is 14.9. The fourth-order valence-electron chi connectivity index (χ4n) is 2.85.